The molecule has 6 nitrogen and oxygen atoms in total. The Balaban J connectivity index is 2.02. The van der Waals surface area contributed by atoms with E-state index in [-0.39, 0.29) is 0 Å². The van der Waals surface area contributed by atoms with E-state index in [9.17, 15) is 0 Å². The van der Waals surface area contributed by atoms with Crippen LogP contribution < -0.4 is 10.2 Å². The molecule has 20 heavy (non-hydrogen) atoms. The van der Waals surface area contributed by atoms with E-state index in [1.165, 1.54) is 12.8 Å². The molecular formula is C13H16BrN5O. The van der Waals surface area contributed by atoms with Crippen LogP contribution in [0.3, 0.4) is 0 Å². The summed E-state index contributed by atoms with van der Waals surface area (Å²) in [6.45, 7) is 4.77. The van der Waals surface area contributed by atoms with Crippen molar-refractivity contribution in [2.45, 2.75) is 19.8 Å². The van der Waals surface area contributed by atoms with Crippen LogP contribution in [0.1, 0.15) is 19.8 Å². The van der Waals surface area contributed by atoms with E-state index in [1.54, 1.807) is 6.26 Å². The average Bonchev–Trinajstić information content (AvgIpc) is 3.09. The SMILES string of the molecule is CCNc1nc(-c2occc2Br)nc(N2CCCC2)n1. The second kappa shape index (κ2) is 5.78. The molecule has 7 heteroatoms. The number of furan rings is 1. The van der Waals surface area contributed by atoms with E-state index in [4.69, 9.17) is 4.42 Å². The average molecular weight is 338 g/mol. The summed E-state index contributed by atoms with van der Waals surface area (Å²) >= 11 is 3.45. The molecule has 0 atom stereocenters. The van der Waals surface area contributed by atoms with Gasteiger partial charge in [0.15, 0.2) is 5.76 Å². The highest BCUT2D eigenvalue weighted by molar-refractivity contribution is 9.10. The Bertz CT molecular complexity index is 594. The van der Waals surface area contributed by atoms with Gasteiger partial charge < -0.3 is 14.6 Å². The maximum absolute atomic E-state index is 5.46. The molecule has 0 spiro atoms. The summed E-state index contributed by atoms with van der Waals surface area (Å²) in [6, 6.07) is 1.83. The largest absolute Gasteiger partial charge is 0.460 e. The van der Waals surface area contributed by atoms with Gasteiger partial charge in [0, 0.05) is 19.6 Å². The zero-order valence-electron chi connectivity index (χ0n) is 11.3. The van der Waals surface area contributed by atoms with Crippen molar-refractivity contribution in [1.29, 1.82) is 0 Å². The molecule has 0 unspecified atom stereocenters. The lowest BCUT2D eigenvalue weighted by atomic mass is 10.4. The van der Waals surface area contributed by atoms with Gasteiger partial charge in [-0.1, -0.05) is 0 Å². The third-order valence-corrected chi connectivity index (χ3v) is 3.79. The number of hydrogen-bond donors (Lipinski definition) is 1. The third-order valence-electron chi connectivity index (χ3n) is 3.17. The lowest BCUT2D eigenvalue weighted by Crippen LogP contribution is -2.22. The summed E-state index contributed by atoms with van der Waals surface area (Å²) in [5.41, 5.74) is 0. The molecule has 1 N–H and O–H groups in total. The van der Waals surface area contributed by atoms with Crippen LogP contribution in [0.5, 0.6) is 0 Å². The van der Waals surface area contributed by atoms with Crippen molar-refractivity contribution in [3.8, 4) is 11.6 Å². The first-order valence-corrected chi connectivity index (χ1v) is 7.55. The van der Waals surface area contributed by atoms with Crippen molar-refractivity contribution in [2.75, 3.05) is 29.9 Å². The molecule has 3 heterocycles. The molecule has 0 amide bonds. The fourth-order valence-electron chi connectivity index (χ4n) is 2.22. The molecule has 1 saturated heterocycles. The van der Waals surface area contributed by atoms with Crippen LogP contribution in [-0.2, 0) is 0 Å². The lowest BCUT2D eigenvalue weighted by Gasteiger charge is -2.16. The van der Waals surface area contributed by atoms with Crippen LogP contribution in [-0.4, -0.2) is 34.6 Å². The highest BCUT2D eigenvalue weighted by Gasteiger charge is 2.19. The second-order valence-corrected chi connectivity index (χ2v) is 5.46. The summed E-state index contributed by atoms with van der Waals surface area (Å²) in [4.78, 5) is 15.6. The first kappa shape index (κ1) is 13.4. The molecule has 1 aliphatic rings. The van der Waals surface area contributed by atoms with E-state index >= 15 is 0 Å². The van der Waals surface area contributed by atoms with Gasteiger partial charge in [-0.2, -0.15) is 15.0 Å². The standard InChI is InChI=1S/C13H16BrN5O/c1-2-15-12-16-11(10-9(14)5-8-20-10)17-13(18-12)19-6-3-4-7-19/h5,8H,2-4,6-7H2,1H3,(H,15,16,17,18). The molecule has 0 bridgehead atoms. The van der Waals surface area contributed by atoms with E-state index < -0.39 is 0 Å². The summed E-state index contributed by atoms with van der Waals surface area (Å²) in [5, 5.41) is 3.15. The summed E-state index contributed by atoms with van der Waals surface area (Å²) in [6.07, 6.45) is 3.98. The first-order chi connectivity index (χ1) is 9.78. The predicted molar refractivity (Wildman–Crippen MR) is 80.8 cm³/mol. The van der Waals surface area contributed by atoms with Crippen molar-refractivity contribution in [2.24, 2.45) is 0 Å². The molecular weight excluding hydrogens is 322 g/mol. The molecule has 2 aromatic rings. The minimum Gasteiger partial charge on any atom is -0.460 e. The molecule has 3 rings (SSSR count). The molecule has 2 aromatic heterocycles. The van der Waals surface area contributed by atoms with Gasteiger partial charge in [0.25, 0.3) is 0 Å². The quantitative estimate of drug-likeness (QED) is 0.925. The Morgan fingerprint density at radius 3 is 2.75 bits per heavy atom. The fourth-order valence-corrected chi connectivity index (χ4v) is 2.59. The minimum atomic E-state index is 0.551. The monoisotopic (exact) mass is 337 g/mol. The smallest absolute Gasteiger partial charge is 0.230 e. The highest BCUT2D eigenvalue weighted by Crippen LogP contribution is 2.28. The van der Waals surface area contributed by atoms with Crippen LogP contribution in [0.2, 0.25) is 0 Å². The number of anilines is 2. The Labute approximate surface area is 125 Å². The number of nitrogens with one attached hydrogen (secondary N) is 1. The molecule has 106 valence electrons. The second-order valence-electron chi connectivity index (χ2n) is 4.60. The maximum atomic E-state index is 5.46. The van der Waals surface area contributed by atoms with Crippen molar-refractivity contribution >= 4 is 27.8 Å². The van der Waals surface area contributed by atoms with Crippen molar-refractivity contribution in [3.63, 3.8) is 0 Å². The van der Waals surface area contributed by atoms with E-state index in [2.05, 4.69) is 41.1 Å². The normalized spacial score (nSPS) is 14.8. The zero-order chi connectivity index (χ0) is 13.9. The van der Waals surface area contributed by atoms with Crippen LogP contribution in [0, 0.1) is 0 Å². The lowest BCUT2D eigenvalue weighted by molar-refractivity contribution is 0.575. The summed E-state index contributed by atoms with van der Waals surface area (Å²) < 4.78 is 6.30. The van der Waals surface area contributed by atoms with Gasteiger partial charge in [-0.15, -0.1) is 0 Å². The molecule has 0 aromatic carbocycles. The number of hydrogen-bond acceptors (Lipinski definition) is 6. The number of rotatable bonds is 4. The predicted octanol–water partition coefficient (Wildman–Crippen LogP) is 2.93. The molecule has 0 radical (unpaired) electrons. The van der Waals surface area contributed by atoms with Gasteiger partial charge in [-0.3, -0.25) is 0 Å². The van der Waals surface area contributed by atoms with Crippen LogP contribution in [0.4, 0.5) is 11.9 Å². The molecule has 1 aliphatic heterocycles. The Morgan fingerprint density at radius 1 is 1.30 bits per heavy atom. The van der Waals surface area contributed by atoms with Gasteiger partial charge in [0.1, 0.15) is 0 Å². The molecule has 0 aliphatic carbocycles. The summed E-state index contributed by atoms with van der Waals surface area (Å²) in [5.74, 6) is 2.48. The number of halogens is 1. The fraction of sp³-hybridized carbons (Fsp3) is 0.462. The van der Waals surface area contributed by atoms with Gasteiger partial charge in [0.05, 0.1) is 10.7 Å². The van der Waals surface area contributed by atoms with Gasteiger partial charge >= 0.3 is 0 Å². The third kappa shape index (κ3) is 2.63. The number of aromatic nitrogens is 3. The van der Waals surface area contributed by atoms with Gasteiger partial charge in [-0.25, -0.2) is 0 Å². The van der Waals surface area contributed by atoms with Gasteiger partial charge in [0.2, 0.25) is 17.7 Å². The topological polar surface area (TPSA) is 67.1 Å². The van der Waals surface area contributed by atoms with Crippen molar-refractivity contribution < 1.29 is 4.42 Å². The van der Waals surface area contributed by atoms with Gasteiger partial charge in [-0.05, 0) is 41.8 Å². The Morgan fingerprint density at radius 2 is 2.10 bits per heavy atom. The Hall–Kier alpha value is -1.63. The summed E-state index contributed by atoms with van der Waals surface area (Å²) in [7, 11) is 0. The first-order valence-electron chi connectivity index (χ1n) is 6.76. The van der Waals surface area contributed by atoms with Crippen LogP contribution in [0.15, 0.2) is 21.2 Å². The van der Waals surface area contributed by atoms with Crippen LogP contribution >= 0.6 is 15.9 Å². The maximum Gasteiger partial charge on any atom is 0.230 e. The van der Waals surface area contributed by atoms with E-state index in [0.717, 1.165) is 24.1 Å². The Kier molecular flexibility index (Phi) is 3.86. The van der Waals surface area contributed by atoms with E-state index in [0.29, 0.717) is 23.5 Å². The van der Waals surface area contributed by atoms with Crippen LogP contribution in [0.25, 0.3) is 11.6 Å². The van der Waals surface area contributed by atoms with Crippen molar-refractivity contribution in [3.05, 3.63) is 16.8 Å². The van der Waals surface area contributed by atoms with Crippen molar-refractivity contribution in [1.82, 2.24) is 15.0 Å². The minimum absolute atomic E-state index is 0.551. The zero-order valence-corrected chi connectivity index (χ0v) is 12.9. The molecule has 1 fully saturated rings. The highest BCUT2D eigenvalue weighted by atomic mass is 79.9. The number of nitrogens with zero attached hydrogens (tertiary/aromatic N) is 4. The van der Waals surface area contributed by atoms with E-state index in [1.807, 2.05) is 13.0 Å². The molecule has 0 saturated carbocycles.